The van der Waals surface area contributed by atoms with Crippen LogP contribution in [0.15, 0.2) is 59.3 Å². The van der Waals surface area contributed by atoms with Gasteiger partial charge in [-0.25, -0.2) is 0 Å². The monoisotopic (exact) mass is 879 g/mol. The summed E-state index contributed by atoms with van der Waals surface area (Å²) in [7, 11) is 0. The molecule has 0 saturated heterocycles. The maximum atomic E-state index is 7.32. The quantitative estimate of drug-likeness (QED) is 0.0423. The third-order valence-corrected chi connectivity index (χ3v) is 15.4. The van der Waals surface area contributed by atoms with Crippen LogP contribution in [0.2, 0.25) is 0 Å². The molecule has 6 aromatic rings. The zero-order valence-corrected chi connectivity index (χ0v) is 41.3. The molecule has 0 saturated carbocycles. The van der Waals surface area contributed by atoms with E-state index in [1.54, 1.807) is 22.7 Å². The summed E-state index contributed by atoms with van der Waals surface area (Å²) in [5.74, 6) is 5.39. The van der Waals surface area contributed by atoms with Crippen LogP contribution in [-0.4, -0.2) is 26.4 Å². The predicted octanol–water partition coefficient (Wildman–Crippen LogP) is 18.4. The lowest BCUT2D eigenvalue weighted by atomic mass is 9.88. The minimum Gasteiger partial charge on any atom is -0.489 e. The highest BCUT2D eigenvalue weighted by Crippen LogP contribution is 2.56. The van der Waals surface area contributed by atoms with Crippen LogP contribution in [0.25, 0.3) is 53.2 Å². The van der Waals surface area contributed by atoms with E-state index in [0.29, 0.717) is 50.1 Å². The van der Waals surface area contributed by atoms with Crippen molar-refractivity contribution in [3.63, 3.8) is 0 Å². The fourth-order valence-corrected chi connectivity index (χ4v) is 10.6. The lowest BCUT2D eigenvalue weighted by Gasteiger charge is -2.27. The molecule has 0 fully saturated rings. The Balaban J connectivity index is 1.72. The van der Waals surface area contributed by atoms with Gasteiger partial charge in [0.15, 0.2) is 23.0 Å². The first kappa shape index (κ1) is 48.0. The van der Waals surface area contributed by atoms with Crippen LogP contribution in [0.5, 0.6) is 23.0 Å². The van der Waals surface area contributed by atoms with Crippen molar-refractivity contribution in [2.24, 2.45) is 23.7 Å². The molecule has 4 unspecified atom stereocenters. The number of benzene rings is 4. The maximum absolute atomic E-state index is 7.32. The van der Waals surface area contributed by atoms with E-state index in [4.69, 9.17) is 18.9 Å². The Morgan fingerprint density at radius 3 is 0.887 bits per heavy atom. The smallest absolute Gasteiger partial charge is 0.169 e. The van der Waals surface area contributed by atoms with Gasteiger partial charge in [-0.2, -0.15) is 0 Å². The molecule has 4 aromatic carbocycles. The Labute approximate surface area is 383 Å². The maximum Gasteiger partial charge on any atom is 0.169 e. The molecule has 0 aliphatic rings. The molecule has 4 atom stereocenters. The molecule has 0 amide bonds. The molecule has 0 aliphatic carbocycles. The second kappa shape index (κ2) is 24.5. The van der Waals surface area contributed by atoms with Crippen molar-refractivity contribution in [2.45, 2.75) is 158 Å². The third kappa shape index (κ3) is 11.6. The Morgan fingerprint density at radius 1 is 0.403 bits per heavy atom. The summed E-state index contributed by atoms with van der Waals surface area (Å²) in [4.78, 5) is 2.47. The predicted molar refractivity (Wildman–Crippen MR) is 272 cm³/mol. The van der Waals surface area contributed by atoms with Gasteiger partial charge in [0.25, 0.3) is 0 Å². The van der Waals surface area contributed by atoms with Gasteiger partial charge >= 0.3 is 0 Å². The largest absolute Gasteiger partial charge is 0.489 e. The molecule has 2 heterocycles. The number of hydrogen-bond acceptors (Lipinski definition) is 6. The van der Waals surface area contributed by atoms with Crippen LogP contribution >= 0.6 is 22.7 Å². The fourth-order valence-electron chi connectivity index (χ4n) is 9.17. The molecule has 0 spiro atoms. The second-order valence-corrected chi connectivity index (χ2v) is 20.0. The first-order chi connectivity index (χ1) is 30.4. The molecule has 0 N–H and O–H groups in total. The summed E-state index contributed by atoms with van der Waals surface area (Å²) >= 11 is 3.58. The van der Waals surface area contributed by atoms with E-state index in [1.807, 2.05) is 0 Å². The highest BCUT2D eigenvalue weighted by Gasteiger charge is 2.30. The average molecular weight is 879 g/mol. The summed E-state index contributed by atoms with van der Waals surface area (Å²) in [5.41, 5.74) is 2.35. The van der Waals surface area contributed by atoms with E-state index >= 15 is 0 Å². The van der Waals surface area contributed by atoms with Crippen molar-refractivity contribution in [1.29, 1.82) is 0 Å². The van der Waals surface area contributed by atoms with E-state index in [-0.39, 0.29) is 0 Å². The van der Waals surface area contributed by atoms with Crippen LogP contribution < -0.4 is 18.9 Å². The van der Waals surface area contributed by atoms with Gasteiger partial charge in [-0.3, -0.25) is 0 Å². The van der Waals surface area contributed by atoms with Crippen LogP contribution in [0.4, 0.5) is 0 Å². The summed E-state index contributed by atoms with van der Waals surface area (Å²) in [5, 5.41) is 11.2. The lowest BCUT2D eigenvalue weighted by Crippen LogP contribution is -2.16. The Bertz CT molecular complexity index is 1920. The number of thiophene rings is 2. The van der Waals surface area contributed by atoms with Gasteiger partial charge in [0.2, 0.25) is 0 Å². The first-order valence-corrected chi connectivity index (χ1v) is 26.6. The molecule has 338 valence electrons. The zero-order chi connectivity index (χ0) is 43.8. The minimum atomic E-state index is 0.467. The average Bonchev–Trinajstić information content (AvgIpc) is 4.06. The van der Waals surface area contributed by atoms with Gasteiger partial charge in [-0.15, -0.1) is 22.7 Å². The topological polar surface area (TPSA) is 36.9 Å². The summed E-state index contributed by atoms with van der Waals surface area (Å²) in [6, 6.07) is 18.4. The van der Waals surface area contributed by atoms with Gasteiger partial charge in [0, 0.05) is 42.1 Å². The molecule has 4 nitrogen and oxygen atoms in total. The molecule has 62 heavy (non-hydrogen) atoms. The van der Waals surface area contributed by atoms with Gasteiger partial charge in [-0.1, -0.05) is 145 Å². The van der Waals surface area contributed by atoms with E-state index in [1.165, 1.54) is 83.0 Å². The Kier molecular flexibility index (Phi) is 19.0. The highest BCUT2D eigenvalue weighted by molar-refractivity contribution is 7.13. The normalized spacial score (nSPS) is 13.9. The van der Waals surface area contributed by atoms with E-state index < -0.39 is 0 Å². The van der Waals surface area contributed by atoms with Crippen LogP contribution in [-0.2, 0) is 0 Å². The van der Waals surface area contributed by atoms with Crippen molar-refractivity contribution in [3.8, 4) is 43.9 Å². The Morgan fingerprint density at radius 2 is 0.677 bits per heavy atom. The molecule has 6 rings (SSSR count). The Hall–Kier alpha value is -3.48. The van der Waals surface area contributed by atoms with E-state index in [9.17, 15) is 0 Å². The molecule has 0 radical (unpaired) electrons. The van der Waals surface area contributed by atoms with Crippen molar-refractivity contribution in [2.75, 3.05) is 26.4 Å². The lowest BCUT2D eigenvalue weighted by molar-refractivity contribution is 0.202. The molecular weight excluding hydrogens is 801 g/mol. The van der Waals surface area contributed by atoms with Crippen LogP contribution in [0.1, 0.15) is 158 Å². The molecule has 2 aromatic heterocycles. The fraction of sp³-hybridized carbons (Fsp3) is 0.571. The van der Waals surface area contributed by atoms with Gasteiger partial charge in [0.05, 0.1) is 26.4 Å². The number of unbranched alkanes of at least 4 members (excludes halogenated alkanes) is 4. The third-order valence-electron chi connectivity index (χ3n) is 13.6. The van der Waals surface area contributed by atoms with Crippen molar-refractivity contribution < 1.29 is 18.9 Å². The number of ether oxygens (including phenoxy) is 4. The van der Waals surface area contributed by atoms with Gasteiger partial charge in [0.1, 0.15) is 0 Å². The van der Waals surface area contributed by atoms with Gasteiger partial charge in [-0.05, 0) is 108 Å². The first-order valence-electron chi connectivity index (χ1n) is 24.9. The standard InChI is InChI=1S/C56H78O4S2/c1-9-17-23-39(13-5)35-57-53-45-31-43(49-27-21-29-61-49)33-47-51(45)52-46(54(53)58-36-40(14-6)24-18-10-2)32-44(50-28-22-30-62-50)34-48(52)56(60-38-42(16-8)26-20-12-4)55(47)59-37-41(15-7)25-19-11-3/h21-22,27-34,39-42H,9-20,23-26,35-38H2,1-8H3. The SMILES string of the molecule is CCCCC(CC)COc1c(OCC(CC)CCCC)c2cc(-c3cccs3)cc3c(OCC(CC)CCCC)c(OCC(CC)CCCC)c4cc(-c5cccs5)cc1c4c23. The summed E-state index contributed by atoms with van der Waals surface area (Å²) in [6.07, 6.45) is 18.6. The van der Waals surface area contributed by atoms with Crippen molar-refractivity contribution >= 4 is 55.0 Å². The number of hydrogen-bond donors (Lipinski definition) is 0. The van der Waals surface area contributed by atoms with Crippen molar-refractivity contribution in [1.82, 2.24) is 0 Å². The second-order valence-electron chi connectivity index (χ2n) is 18.1. The van der Waals surface area contributed by atoms with E-state index in [2.05, 4.69) is 115 Å². The van der Waals surface area contributed by atoms with Crippen LogP contribution in [0.3, 0.4) is 0 Å². The van der Waals surface area contributed by atoms with Crippen LogP contribution in [0, 0.1) is 23.7 Å². The number of rotatable bonds is 30. The molecule has 0 aliphatic heterocycles. The summed E-state index contributed by atoms with van der Waals surface area (Å²) < 4.78 is 29.3. The molecular formula is C56H78O4S2. The molecule has 0 bridgehead atoms. The summed E-state index contributed by atoms with van der Waals surface area (Å²) in [6.45, 7) is 21.1. The minimum absolute atomic E-state index is 0.467. The zero-order valence-electron chi connectivity index (χ0n) is 39.7. The molecule has 6 heteroatoms. The highest BCUT2D eigenvalue weighted by atomic mass is 32.1. The van der Waals surface area contributed by atoms with Crippen molar-refractivity contribution in [3.05, 3.63) is 59.3 Å². The van der Waals surface area contributed by atoms with E-state index in [0.717, 1.165) is 95.9 Å². The van der Waals surface area contributed by atoms with Gasteiger partial charge < -0.3 is 18.9 Å².